The molecule has 0 spiro atoms. The molecule has 0 saturated carbocycles. The summed E-state index contributed by atoms with van der Waals surface area (Å²) in [6, 6.07) is 16.3. The van der Waals surface area contributed by atoms with Crippen molar-refractivity contribution >= 4 is 27.7 Å². The Morgan fingerprint density at radius 1 is 1.12 bits per heavy atom. The van der Waals surface area contributed by atoms with Crippen LogP contribution in [0.25, 0.3) is 10.9 Å². The number of carbonyl (C=O) groups is 1. The van der Waals surface area contributed by atoms with Gasteiger partial charge in [-0.3, -0.25) is 9.19 Å². The summed E-state index contributed by atoms with van der Waals surface area (Å²) in [7, 11) is -1.06. The summed E-state index contributed by atoms with van der Waals surface area (Å²) in [5, 5.41) is 0.979. The summed E-state index contributed by atoms with van der Waals surface area (Å²) in [5.74, 6) is -0.401. The van der Waals surface area contributed by atoms with Crippen LogP contribution in [0.3, 0.4) is 0 Å². The van der Waals surface area contributed by atoms with Crippen molar-refractivity contribution in [3.05, 3.63) is 71.4 Å². The number of pyridine rings is 1. The Kier molecular flexibility index (Phi) is 4.71. The van der Waals surface area contributed by atoms with Crippen LogP contribution in [-0.2, 0) is 22.1 Å². The van der Waals surface area contributed by atoms with Crippen molar-refractivity contribution < 1.29 is 13.7 Å². The molecule has 0 radical (unpaired) electrons. The summed E-state index contributed by atoms with van der Waals surface area (Å²) >= 11 is 0. The van der Waals surface area contributed by atoms with E-state index in [1.165, 1.54) is 0 Å². The SMILES string of the molecule is Cc1cc(COC(=O)c2ccc([S@](C)=O)cc2)c2ccccc2n1. The lowest BCUT2D eigenvalue weighted by Crippen LogP contribution is -2.06. The van der Waals surface area contributed by atoms with Crippen molar-refractivity contribution in [3.63, 3.8) is 0 Å². The number of ether oxygens (including phenoxy) is 1. The van der Waals surface area contributed by atoms with Gasteiger partial charge in [-0.1, -0.05) is 18.2 Å². The lowest BCUT2D eigenvalue weighted by Gasteiger charge is -2.09. The third kappa shape index (κ3) is 3.51. The highest BCUT2D eigenvalue weighted by atomic mass is 32.2. The third-order valence-corrected chi connectivity index (χ3v) is 4.65. The standard InChI is InChI=1S/C19H17NO3S/c1-13-11-15(17-5-3-4-6-18(17)20-13)12-23-19(21)14-7-9-16(10-8-14)24(2)22/h3-11H,12H2,1-2H3/t24-/m0/s1. The number of rotatable bonds is 4. The summed E-state index contributed by atoms with van der Waals surface area (Å²) in [4.78, 5) is 17.4. The first-order valence-corrected chi connectivity index (χ1v) is 9.06. The van der Waals surface area contributed by atoms with E-state index >= 15 is 0 Å². The predicted molar refractivity (Wildman–Crippen MR) is 94.4 cm³/mol. The number of hydrogen-bond donors (Lipinski definition) is 0. The predicted octanol–water partition coefficient (Wildman–Crippen LogP) is 3.64. The minimum absolute atomic E-state index is 0.185. The molecule has 0 saturated heterocycles. The van der Waals surface area contributed by atoms with Crippen LogP contribution < -0.4 is 0 Å². The van der Waals surface area contributed by atoms with E-state index in [1.807, 2.05) is 37.3 Å². The Balaban J connectivity index is 1.78. The molecule has 0 aliphatic rings. The Labute approximate surface area is 142 Å². The number of carbonyl (C=O) groups excluding carboxylic acids is 1. The second-order valence-electron chi connectivity index (χ2n) is 5.49. The van der Waals surface area contributed by atoms with Gasteiger partial charge in [0, 0.05) is 38.6 Å². The van der Waals surface area contributed by atoms with Gasteiger partial charge in [0.15, 0.2) is 0 Å². The highest BCUT2D eigenvalue weighted by Crippen LogP contribution is 2.19. The van der Waals surface area contributed by atoms with Crippen molar-refractivity contribution in [2.75, 3.05) is 6.26 Å². The topological polar surface area (TPSA) is 56.3 Å². The molecule has 5 heteroatoms. The molecular formula is C19H17NO3S. The van der Waals surface area contributed by atoms with Crippen LogP contribution in [0.5, 0.6) is 0 Å². The Morgan fingerprint density at radius 3 is 2.54 bits per heavy atom. The fraction of sp³-hybridized carbons (Fsp3) is 0.158. The van der Waals surface area contributed by atoms with Gasteiger partial charge in [-0.25, -0.2) is 4.79 Å². The molecule has 122 valence electrons. The first-order chi connectivity index (χ1) is 11.5. The smallest absolute Gasteiger partial charge is 0.338 e. The number of benzene rings is 2. The minimum Gasteiger partial charge on any atom is -0.457 e. The molecule has 3 aromatic rings. The van der Waals surface area contributed by atoms with Gasteiger partial charge in [0.1, 0.15) is 6.61 Å². The van der Waals surface area contributed by atoms with Crippen molar-refractivity contribution in [1.82, 2.24) is 4.98 Å². The number of hydrogen-bond acceptors (Lipinski definition) is 4. The zero-order valence-corrected chi connectivity index (χ0v) is 14.3. The van der Waals surface area contributed by atoms with Crippen LogP contribution in [0.4, 0.5) is 0 Å². The van der Waals surface area contributed by atoms with Crippen LogP contribution in [0, 0.1) is 6.92 Å². The molecule has 24 heavy (non-hydrogen) atoms. The molecule has 0 fully saturated rings. The molecule has 4 nitrogen and oxygen atoms in total. The molecule has 0 amide bonds. The maximum atomic E-state index is 12.2. The Morgan fingerprint density at radius 2 is 1.83 bits per heavy atom. The number of esters is 1. The molecule has 0 unspecified atom stereocenters. The molecular weight excluding hydrogens is 322 g/mol. The Bertz CT molecular complexity index is 920. The first-order valence-electron chi connectivity index (χ1n) is 7.50. The third-order valence-electron chi connectivity index (χ3n) is 3.71. The van der Waals surface area contributed by atoms with E-state index in [2.05, 4.69) is 4.98 Å². The summed E-state index contributed by atoms with van der Waals surface area (Å²) in [5.41, 5.74) is 3.14. The van der Waals surface area contributed by atoms with Crippen LogP contribution in [0.2, 0.25) is 0 Å². The van der Waals surface area contributed by atoms with Gasteiger partial charge in [0.25, 0.3) is 0 Å². The summed E-state index contributed by atoms with van der Waals surface area (Å²) < 4.78 is 16.8. The largest absolute Gasteiger partial charge is 0.457 e. The van der Waals surface area contributed by atoms with Gasteiger partial charge in [-0.2, -0.15) is 0 Å². The van der Waals surface area contributed by atoms with Crippen LogP contribution in [0.1, 0.15) is 21.6 Å². The monoisotopic (exact) mass is 339 g/mol. The second kappa shape index (κ2) is 6.93. The van der Waals surface area contributed by atoms with E-state index in [0.717, 1.165) is 22.2 Å². The number of para-hydroxylation sites is 1. The van der Waals surface area contributed by atoms with Gasteiger partial charge in [-0.15, -0.1) is 0 Å². The summed E-state index contributed by atoms with van der Waals surface area (Å²) in [6.45, 7) is 2.10. The van der Waals surface area contributed by atoms with E-state index in [9.17, 15) is 9.00 Å². The van der Waals surface area contributed by atoms with E-state index in [1.54, 1.807) is 30.5 Å². The van der Waals surface area contributed by atoms with Gasteiger partial charge < -0.3 is 4.74 Å². The average Bonchev–Trinajstić information content (AvgIpc) is 2.59. The molecule has 0 bridgehead atoms. The van der Waals surface area contributed by atoms with Gasteiger partial charge in [-0.05, 0) is 43.3 Å². The van der Waals surface area contributed by atoms with Crippen molar-refractivity contribution in [1.29, 1.82) is 0 Å². The Hall–Kier alpha value is -2.53. The van der Waals surface area contributed by atoms with E-state index in [-0.39, 0.29) is 6.61 Å². The fourth-order valence-electron chi connectivity index (χ4n) is 2.52. The van der Waals surface area contributed by atoms with E-state index in [0.29, 0.717) is 10.5 Å². The molecule has 3 rings (SSSR count). The molecule has 1 heterocycles. The number of fused-ring (bicyclic) bond motifs is 1. The van der Waals surface area contributed by atoms with Crippen molar-refractivity contribution in [3.8, 4) is 0 Å². The van der Waals surface area contributed by atoms with Gasteiger partial charge in [0.05, 0.1) is 11.1 Å². The summed E-state index contributed by atoms with van der Waals surface area (Å²) in [6.07, 6.45) is 1.60. The maximum Gasteiger partial charge on any atom is 0.338 e. The van der Waals surface area contributed by atoms with Crippen LogP contribution in [-0.4, -0.2) is 21.4 Å². The highest BCUT2D eigenvalue weighted by molar-refractivity contribution is 7.84. The molecule has 1 atom stereocenters. The number of aryl methyl sites for hydroxylation is 1. The molecule has 2 aromatic carbocycles. The van der Waals surface area contributed by atoms with Crippen molar-refractivity contribution in [2.45, 2.75) is 18.4 Å². The van der Waals surface area contributed by atoms with E-state index in [4.69, 9.17) is 4.74 Å². The second-order valence-corrected chi connectivity index (χ2v) is 6.87. The van der Waals surface area contributed by atoms with E-state index < -0.39 is 16.8 Å². The maximum absolute atomic E-state index is 12.2. The quantitative estimate of drug-likeness (QED) is 0.681. The lowest BCUT2D eigenvalue weighted by atomic mass is 10.1. The minimum atomic E-state index is -1.06. The van der Waals surface area contributed by atoms with Crippen LogP contribution >= 0.6 is 0 Å². The molecule has 0 aliphatic heterocycles. The van der Waals surface area contributed by atoms with Gasteiger partial charge in [0.2, 0.25) is 0 Å². The molecule has 1 aromatic heterocycles. The van der Waals surface area contributed by atoms with Crippen LogP contribution in [0.15, 0.2) is 59.5 Å². The number of aromatic nitrogens is 1. The molecule has 0 aliphatic carbocycles. The van der Waals surface area contributed by atoms with Crippen molar-refractivity contribution in [2.24, 2.45) is 0 Å². The first kappa shape index (κ1) is 16.3. The lowest BCUT2D eigenvalue weighted by molar-refractivity contribution is 0.0474. The number of nitrogens with zero attached hydrogens (tertiary/aromatic N) is 1. The molecule has 0 N–H and O–H groups in total. The normalized spacial score (nSPS) is 12.1. The average molecular weight is 339 g/mol. The zero-order valence-electron chi connectivity index (χ0n) is 13.5. The zero-order chi connectivity index (χ0) is 17.1. The fourth-order valence-corrected chi connectivity index (χ4v) is 3.04. The van der Waals surface area contributed by atoms with Gasteiger partial charge >= 0.3 is 5.97 Å². The highest BCUT2D eigenvalue weighted by Gasteiger charge is 2.10.